The van der Waals surface area contributed by atoms with Gasteiger partial charge in [-0.15, -0.1) is 0 Å². The predicted molar refractivity (Wildman–Crippen MR) is 78.5 cm³/mol. The van der Waals surface area contributed by atoms with Crippen molar-refractivity contribution in [3.8, 4) is 6.07 Å². The molecule has 0 aliphatic carbocycles. The molecule has 0 rings (SSSR count). The minimum atomic E-state index is -0.404. The van der Waals surface area contributed by atoms with E-state index in [1.807, 2.05) is 6.92 Å². The zero-order chi connectivity index (χ0) is 14.2. The Morgan fingerprint density at radius 2 is 1.94 bits per heavy atom. The number of nitrogens with one attached hydrogen (secondary N) is 1. The minimum Gasteiger partial charge on any atom is -0.303 e. The summed E-state index contributed by atoms with van der Waals surface area (Å²) >= 11 is 0. The van der Waals surface area contributed by atoms with E-state index in [4.69, 9.17) is 0 Å². The molecule has 3 unspecified atom stereocenters. The van der Waals surface area contributed by atoms with Crippen molar-refractivity contribution in [2.24, 2.45) is 5.92 Å². The van der Waals surface area contributed by atoms with Gasteiger partial charge in [-0.25, -0.2) is 0 Å². The van der Waals surface area contributed by atoms with E-state index in [2.05, 4.69) is 51.0 Å². The average Bonchev–Trinajstić information content (AvgIpc) is 2.35. The molecular formula is C15H31N3. The van der Waals surface area contributed by atoms with Crippen LogP contribution in [-0.4, -0.2) is 36.6 Å². The largest absolute Gasteiger partial charge is 0.303 e. The lowest BCUT2D eigenvalue weighted by Crippen LogP contribution is -2.47. The van der Waals surface area contributed by atoms with Gasteiger partial charge in [0.2, 0.25) is 0 Å². The summed E-state index contributed by atoms with van der Waals surface area (Å²) in [6, 6.07) is 2.85. The molecule has 106 valence electrons. The molecule has 0 saturated heterocycles. The van der Waals surface area contributed by atoms with Crippen LogP contribution in [0.3, 0.4) is 0 Å². The van der Waals surface area contributed by atoms with Gasteiger partial charge >= 0.3 is 0 Å². The van der Waals surface area contributed by atoms with Crippen LogP contribution in [0.4, 0.5) is 0 Å². The summed E-state index contributed by atoms with van der Waals surface area (Å²) in [6.07, 6.45) is 3.14. The average molecular weight is 253 g/mol. The van der Waals surface area contributed by atoms with Crippen LogP contribution in [0.2, 0.25) is 0 Å². The molecule has 3 heteroatoms. The van der Waals surface area contributed by atoms with Gasteiger partial charge in [0.05, 0.1) is 6.07 Å². The number of hydrogen-bond acceptors (Lipinski definition) is 3. The predicted octanol–water partition coefficient (Wildman–Crippen LogP) is 3.02. The van der Waals surface area contributed by atoms with Gasteiger partial charge in [0.25, 0.3) is 0 Å². The quantitative estimate of drug-likeness (QED) is 0.686. The molecule has 0 aromatic rings. The first kappa shape index (κ1) is 17.4. The topological polar surface area (TPSA) is 39.1 Å². The Bertz CT molecular complexity index is 259. The van der Waals surface area contributed by atoms with Crippen LogP contribution in [-0.2, 0) is 0 Å². The third-order valence-corrected chi connectivity index (χ3v) is 3.76. The standard InChI is InChI=1S/C15H31N3/c1-7-9-17-15(5,12-16)10-14(4)18(6)11-13(3)8-2/h13-14,17H,7-11H2,1-6H3. The Balaban J connectivity index is 4.33. The number of nitriles is 1. The van der Waals surface area contributed by atoms with Crippen LogP contribution in [0, 0.1) is 17.2 Å². The molecule has 0 radical (unpaired) electrons. The monoisotopic (exact) mass is 253 g/mol. The third-order valence-electron chi connectivity index (χ3n) is 3.76. The van der Waals surface area contributed by atoms with Gasteiger partial charge in [-0.1, -0.05) is 27.2 Å². The highest BCUT2D eigenvalue weighted by atomic mass is 15.1. The van der Waals surface area contributed by atoms with Crippen molar-refractivity contribution in [3.05, 3.63) is 0 Å². The van der Waals surface area contributed by atoms with Crippen LogP contribution in [0.25, 0.3) is 0 Å². The van der Waals surface area contributed by atoms with Crippen molar-refractivity contribution in [3.63, 3.8) is 0 Å². The first-order chi connectivity index (χ1) is 8.38. The summed E-state index contributed by atoms with van der Waals surface area (Å²) in [6.45, 7) is 12.9. The van der Waals surface area contributed by atoms with Crippen molar-refractivity contribution in [2.45, 2.75) is 65.5 Å². The zero-order valence-corrected chi connectivity index (χ0v) is 13.1. The zero-order valence-electron chi connectivity index (χ0n) is 13.1. The second kappa shape index (κ2) is 8.50. The number of nitrogens with zero attached hydrogens (tertiary/aromatic N) is 2. The smallest absolute Gasteiger partial charge is 0.105 e. The van der Waals surface area contributed by atoms with Gasteiger partial charge in [0.1, 0.15) is 5.54 Å². The molecule has 0 heterocycles. The lowest BCUT2D eigenvalue weighted by molar-refractivity contribution is 0.188. The summed E-state index contributed by atoms with van der Waals surface area (Å²) < 4.78 is 0. The van der Waals surface area contributed by atoms with Crippen molar-refractivity contribution in [1.82, 2.24) is 10.2 Å². The highest BCUT2D eigenvalue weighted by molar-refractivity contribution is 5.05. The maximum absolute atomic E-state index is 9.34. The molecule has 3 atom stereocenters. The fourth-order valence-corrected chi connectivity index (χ4v) is 2.11. The number of rotatable bonds is 9. The highest BCUT2D eigenvalue weighted by Crippen LogP contribution is 2.16. The highest BCUT2D eigenvalue weighted by Gasteiger charge is 2.27. The van der Waals surface area contributed by atoms with Gasteiger partial charge in [0.15, 0.2) is 0 Å². The fraction of sp³-hybridized carbons (Fsp3) is 0.933. The lowest BCUT2D eigenvalue weighted by Gasteiger charge is -2.33. The van der Waals surface area contributed by atoms with Crippen LogP contribution >= 0.6 is 0 Å². The Morgan fingerprint density at radius 1 is 1.33 bits per heavy atom. The van der Waals surface area contributed by atoms with E-state index in [0.29, 0.717) is 6.04 Å². The lowest BCUT2D eigenvalue weighted by atomic mass is 9.94. The van der Waals surface area contributed by atoms with Gasteiger partial charge in [0, 0.05) is 12.6 Å². The summed E-state index contributed by atoms with van der Waals surface area (Å²) in [5.41, 5.74) is -0.404. The third kappa shape index (κ3) is 6.37. The van der Waals surface area contributed by atoms with Gasteiger partial charge < -0.3 is 4.90 Å². The maximum Gasteiger partial charge on any atom is 0.105 e. The van der Waals surface area contributed by atoms with Crippen molar-refractivity contribution in [1.29, 1.82) is 5.26 Å². The molecule has 0 aromatic heterocycles. The molecule has 0 fully saturated rings. The molecule has 0 aliphatic rings. The molecule has 0 amide bonds. The summed E-state index contributed by atoms with van der Waals surface area (Å²) in [5, 5.41) is 12.7. The molecule has 0 aromatic carbocycles. The fourth-order valence-electron chi connectivity index (χ4n) is 2.11. The number of hydrogen-bond donors (Lipinski definition) is 1. The van der Waals surface area contributed by atoms with E-state index in [1.54, 1.807) is 0 Å². The molecule has 0 bridgehead atoms. The van der Waals surface area contributed by atoms with E-state index in [9.17, 15) is 5.26 Å². The van der Waals surface area contributed by atoms with Crippen LogP contribution in [0.5, 0.6) is 0 Å². The van der Waals surface area contributed by atoms with Crippen molar-refractivity contribution >= 4 is 0 Å². The summed E-state index contributed by atoms with van der Waals surface area (Å²) in [7, 11) is 2.16. The van der Waals surface area contributed by atoms with E-state index in [0.717, 1.165) is 31.8 Å². The minimum absolute atomic E-state index is 0.404. The molecule has 0 spiro atoms. The molecule has 18 heavy (non-hydrogen) atoms. The Kier molecular flexibility index (Phi) is 8.22. The van der Waals surface area contributed by atoms with Crippen LogP contribution < -0.4 is 5.32 Å². The first-order valence-electron chi connectivity index (χ1n) is 7.25. The van der Waals surface area contributed by atoms with Crippen molar-refractivity contribution in [2.75, 3.05) is 20.1 Å². The van der Waals surface area contributed by atoms with Gasteiger partial charge in [-0.3, -0.25) is 5.32 Å². The molecule has 0 saturated carbocycles. The van der Waals surface area contributed by atoms with Gasteiger partial charge in [-0.05, 0) is 46.2 Å². The van der Waals surface area contributed by atoms with Gasteiger partial charge in [-0.2, -0.15) is 5.26 Å². The SMILES string of the molecule is CCCNC(C)(C#N)CC(C)N(C)CC(C)CC. The van der Waals surface area contributed by atoms with Crippen LogP contribution in [0.1, 0.15) is 53.9 Å². The van der Waals surface area contributed by atoms with E-state index < -0.39 is 5.54 Å². The van der Waals surface area contributed by atoms with E-state index in [-0.39, 0.29) is 0 Å². The molecule has 3 nitrogen and oxygen atoms in total. The van der Waals surface area contributed by atoms with Crippen LogP contribution in [0.15, 0.2) is 0 Å². The molecule has 1 N–H and O–H groups in total. The van der Waals surface area contributed by atoms with E-state index in [1.165, 1.54) is 6.42 Å². The maximum atomic E-state index is 9.34. The summed E-state index contributed by atoms with van der Waals surface area (Å²) in [4.78, 5) is 2.37. The Morgan fingerprint density at radius 3 is 2.39 bits per heavy atom. The van der Waals surface area contributed by atoms with E-state index >= 15 is 0 Å². The Labute approximate surface area is 114 Å². The molecule has 0 aliphatic heterocycles. The normalized spacial score (nSPS) is 18.1. The Hall–Kier alpha value is -0.590. The second-order valence-corrected chi connectivity index (χ2v) is 5.88. The second-order valence-electron chi connectivity index (χ2n) is 5.88. The first-order valence-corrected chi connectivity index (χ1v) is 7.25. The summed E-state index contributed by atoms with van der Waals surface area (Å²) in [5.74, 6) is 0.717. The van der Waals surface area contributed by atoms with Crippen molar-refractivity contribution < 1.29 is 0 Å². The molecular weight excluding hydrogens is 222 g/mol.